The van der Waals surface area contributed by atoms with Gasteiger partial charge in [-0.3, -0.25) is 0 Å². The molecule has 0 amide bonds. The first-order valence-corrected chi connectivity index (χ1v) is 5.82. The molecule has 16 heavy (non-hydrogen) atoms. The average molecular weight is 244 g/mol. The molecule has 0 fully saturated rings. The van der Waals surface area contributed by atoms with Crippen LogP contribution >= 0.6 is 11.6 Å². The van der Waals surface area contributed by atoms with Crippen LogP contribution in [0.5, 0.6) is 11.5 Å². The van der Waals surface area contributed by atoms with Crippen LogP contribution in [0.1, 0.15) is 32.4 Å². The van der Waals surface area contributed by atoms with E-state index in [1.165, 1.54) is 0 Å². The third-order valence-corrected chi connectivity index (χ3v) is 2.45. The van der Waals surface area contributed by atoms with Gasteiger partial charge in [0.15, 0.2) is 0 Å². The molecule has 3 nitrogen and oxygen atoms in total. The second-order valence-corrected chi connectivity index (χ2v) is 3.88. The summed E-state index contributed by atoms with van der Waals surface area (Å²) in [6.07, 6.45) is 0. The van der Waals surface area contributed by atoms with Crippen LogP contribution in [0.2, 0.25) is 5.02 Å². The lowest BCUT2D eigenvalue weighted by molar-refractivity contribution is 0.326. The molecule has 0 saturated carbocycles. The van der Waals surface area contributed by atoms with E-state index in [1.54, 1.807) is 6.07 Å². The van der Waals surface area contributed by atoms with Crippen LogP contribution in [-0.2, 0) is 0 Å². The summed E-state index contributed by atoms with van der Waals surface area (Å²) in [5.74, 6) is 1.38. The molecule has 1 unspecified atom stereocenters. The fourth-order valence-electron chi connectivity index (χ4n) is 1.45. The van der Waals surface area contributed by atoms with Gasteiger partial charge in [0.05, 0.1) is 18.2 Å². The second-order valence-electron chi connectivity index (χ2n) is 3.48. The summed E-state index contributed by atoms with van der Waals surface area (Å²) in [6.45, 7) is 6.91. The number of nitrogens with two attached hydrogens (primary N) is 1. The summed E-state index contributed by atoms with van der Waals surface area (Å²) in [5, 5.41) is 0.551. The predicted octanol–water partition coefficient (Wildman–Crippen LogP) is 3.16. The van der Waals surface area contributed by atoms with Crippen molar-refractivity contribution < 1.29 is 9.47 Å². The van der Waals surface area contributed by atoms with Crippen LogP contribution in [0, 0.1) is 0 Å². The van der Waals surface area contributed by atoms with E-state index in [2.05, 4.69) is 0 Å². The van der Waals surface area contributed by atoms with Gasteiger partial charge >= 0.3 is 0 Å². The van der Waals surface area contributed by atoms with Gasteiger partial charge < -0.3 is 15.2 Å². The lowest BCUT2D eigenvalue weighted by Crippen LogP contribution is -2.09. The fourth-order valence-corrected chi connectivity index (χ4v) is 1.66. The van der Waals surface area contributed by atoms with Crippen LogP contribution < -0.4 is 15.2 Å². The lowest BCUT2D eigenvalue weighted by Gasteiger charge is -2.16. The Balaban J connectivity index is 3.14. The molecule has 0 radical (unpaired) electrons. The van der Waals surface area contributed by atoms with Crippen molar-refractivity contribution in [3.63, 3.8) is 0 Å². The van der Waals surface area contributed by atoms with Gasteiger partial charge in [-0.1, -0.05) is 11.6 Å². The highest BCUT2D eigenvalue weighted by molar-refractivity contribution is 6.32. The molecule has 0 bridgehead atoms. The van der Waals surface area contributed by atoms with Crippen molar-refractivity contribution in [3.05, 3.63) is 22.7 Å². The standard InChI is InChI=1S/C12H18ClNO2/c1-4-15-11-7-10(13)12(16-5-2)6-9(11)8(3)14/h6-8H,4-5,14H2,1-3H3. The van der Waals surface area contributed by atoms with Crippen LogP contribution in [0.3, 0.4) is 0 Å². The van der Waals surface area contributed by atoms with Crippen molar-refractivity contribution in [2.75, 3.05) is 13.2 Å². The molecule has 90 valence electrons. The molecular formula is C12H18ClNO2. The molecule has 0 aliphatic heterocycles. The van der Waals surface area contributed by atoms with Gasteiger partial charge in [0.1, 0.15) is 11.5 Å². The topological polar surface area (TPSA) is 44.5 Å². The lowest BCUT2D eigenvalue weighted by atomic mass is 10.1. The first-order chi connectivity index (χ1) is 7.60. The molecule has 0 heterocycles. The normalized spacial score (nSPS) is 12.3. The SMILES string of the molecule is CCOc1cc(C(C)N)c(OCC)cc1Cl. The van der Waals surface area contributed by atoms with Gasteiger partial charge in [-0.05, 0) is 26.8 Å². The van der Waals surface area contributed by atoms with Crippen molar-refractivity contribution >= 4 is 11.6 Å². The summed E-state index contributed by atoms with van der Waals surface area (Å²) in [5.41, 5.74) is 6.79. The highest BCUT2D eigenvalue weighted by Crippen LogP contribution is 2.35. The minimum Gasteiger partial charge on any atom is -0.493 e. The summed E-state index contributed by atoms with van der Waals surface area (Å²) in [6, 6.07) is 3.49. The molecule has 4 heteroatoms. The Labute approximate surface area is 101 Å². The molecule has 0 aliphatic carbocycles. The van der Waals surface area contributed by atoms with E-state index in [0.717, 1.165) is 11.3 Å². The fraction of sp³-hybridized carbons (Fsp3) is 0.500. The average Bonchev–Trinajstić information content (AvgIpc) is 2.22. The Morgan fingerprint density at radius 3 is 2.25 bits per heavy atom. The monoisotopic (exact) mass is 243 g/mol. The van der Waals surface area contributed by atoms with Crippen molar-refractivity contribution in [1.82, 2.24) is 0 Å². The molecular weight excluding hydrogens is 226 g/mol. The van der Waals surface area contributed by atoms with E-state index in [1.807, 2.05) is 26.8 Å². The number of halogens is 1. The number of hydrogen-bond acceptors (Lipinski definition) is 3. The first kappa shape index (κ1) is 13.1. The molecule has 1 atom stereocenters. The number of rotatable bonds is 5. The smallest absolute Gasteiger partial charge is 0.138 e. The predicted molar refractivity (Wildman–Crippen MR) is 66.4 cm³/mol. The molecule has 1 aromatic rings. The largest absolute Gasteiger partial charge is 0.493 e. The van der Waals surface area contributed by atoms with Crippen molar-refractivity contribution in [2.45, 2.75) is 26.8 Å². The zero-order chi connectivity index (χ0) is 12.1. The van der Waals surface area contributed by atoms with Gasteiger partial charge in [0, 0.05) is 17.7 Å². The molecule has 1 rings (SSSR count). The Hall–Kier alpha value is -0.930. The Kier molecular flexibility index (Phi) is 4.90. The Morgan fingerprint density at radius 2 is 1.75 bits per heavy atom. The highest BCUT2D eigenvalue weighted by Gasteiger charge is 2.13. The Morgan fingerprint density at radius 1 is 1.19 bits per heavy atom. The van der Waals surface area contributed by atoms with E-state index >= 15 is 0 Å². The minimum absolute atomic E-state index is 0.113. The van der Waals surface area contributed by atoms with E-state index in [9.17, 15) is 0 Å². The molecule has 0 saturated heterocycles. The quantitative estimate of drug-likeness (QED) is 0.864. The zero-order valence-electron chi connectivity index (χ0n) is 9.92. The van der Waals surface area contributed by atoms with E-state index < -0.39 is 0 Å². The molecule has 0 aromatic heterocycles. The third kappa shape index (κ3) is 3.03. The van der Waals surface area contributed by atoms with Gasteiger partial charge in [-0.15, -0.1) is 0 Å². The summed E-state index contributed by atoms with van der Waals surface area (Å²) in [4.78, 5) is 0. The van der Waals surface area contributed by atoms with Crippen LogP contribution in [-0.4, -0.2) is 13.2 Å². The second kappa shape index (κ2) is 5.97. The van der Waals surface area contributed by atoms with Crippen molar-refractivity contribution in [3.8, 4) is 11.5 Å². The highest BCUT2D eigenvalue weighted by atomic mass is 35.5. The number of ether oxygens (including phenoxy) is 2. The summed E-state index contributed by atoms with van der Waals surface area (Å²) >= 11 is 6.07. The van der Waals surface area contributed by atoms with E-state index in [-0.39, 0.29) is 6.04 Å². The van der Waals surface area contributed by atoms with Crippen LogP contribution in [0.25, 0.3) is 0 Å². The summed E-state index contributed by atoms with van der Waals surface area (Å²) in [7, 11) is 0. The zero-order valence-corrected chi connectivity index (χ0v) is 10.7. The van der Waals surface area contributed by atoms with Crippen molar-refractivity contribution in [2.24, 2.45) is 5.73 Å². The van der Waals surface area contributed by atoms with Crippen molar-refractivity contribution in [1.29, 1.82) is 0 Å². The van der Waals surface area contributed by atoms with Gasteiger partial charge in [0.25, 0.3) is 0 Å². The third-order valence-electron chi connectivity index (χ3n) is 2.15. The summed E-state index contributed by atoms with van der Waals surface area (Å²) < 4.78 is 10.9. The van der Waals surface area contributed by atoms with Crippen LogP contribution in [0.15, 0.2) is 12.1 Å². The maximum absolute atomic E-state index is 6.07. The van der Waals surface area contributed by atoms with E-state index in [0.29, 0.717) is 24.0 Å². The number of hydrogen-bond donors (Lipinski definition) is 1. The molecule has 2 N–H and O–H groups in total. The van der Waals surface area contributed by atoms with Crippen LogP contribution in [0.4, 0.5) is 0 Å². The van der Waals surface area contributed by atoms with E-state index in [4.69, 9.17) is 26.8 Å². The molecule has 0 aliphatic rings. The number of benzene rings is 1. The molecule has 0 spiro atoms. The molecule has 1 aromatic carbocycles. The minimum atomic E-state index is -0.113. The first-order valence-electron chi connectivity index (χ1n) is 5.44. The Bertz CT molecular complexity index is 353. The van der Waals surface area contributed by atoms with Gasteiger partial charge in [0.2, 0.25) is 0 Å². The van der Waals surface area contributed by atoms with Gasteiger partial charge in [-0.2, -0.15) is 0 Å². The maximum Gasteiger partial charge on any atom is 0.138 e. The van der Waals surface area contributed by atoms with Gasteiger partial charge in [-0.25, -0.2) is 0 Å². The maximum atomic E-state index is 6.07.